The Kier molecular flexibility index (Phi) is 20.6. The van der Waals surface area contributed by atoms with Gasteiger partial charge in [0, 0.05) is 19.3 Å². The average Bonchev–Trinajstić information content (AvgIpc) is 3.10. The third-order valence-electron chi connectivity index (χ3n) is 8.35. The highest BCUT2D eigenvalue weighted by molar-refractivity contribution is 6.99. The predicted molar refractivity (Wildman–Crippen MR) is 208 cm³/mol. The number of aliphatic hydroxyl groups is 1. The standard InChI is InChI=1S/C44H58O4Si/c1-6-30-40(48-49(44(2,3)4,41-34-24-21-25-35-41)42-36-26-22-27-37-42)33-29-32-39(45)31-23-19-17-15-13-11-9-7-8-10-12-14-16-18-20-28-38-43(46)47-5/h7-8,11,13,21-22,24-27,34-37,39-40,45H,6,9-10,12,14-16,18,20,28,30,33,38H2,1-5H3. The molecule has 0 fully saturated rings. The number of carbonyl (C=O) groups is 1. The predicted octanol–water partition coefficient (Wildman–Crippen LogP) is 8.68. The van der Waals surface area contributed by atoms with Crippen molar-refractivity contribution >= 4 is 24.7 Å². The van der Waals surface area contributed by atoms with Gasteiger partial charge in [-0.2, -0.15) is 0 Å². The lowest BCUT2D eigenvalue weighted by Crippen LogP contribution is -2.67. The highest BCUT2D eigenvalue weighted by Gasteiger charge is 2.51. The van der Waals surface area contributed by atoms with E-state index in [1.165, 1.54) is 43.2 Å². The fourth-order valence-electron chi connectivity index (χ4n) is 5.84. The molecule has 0 saturated heterocycles. The molecule has 0 aromatic heterocycles. The van der Waals surface area contributed by atoms with E-state index in [1.54, 1.807) is 0 Å². The molecule has 0 radical (unpaired) electrons. The number of hydrogen-bond donors (Lipinski definition) is 1. The van der Waals surface area contributed by atoms with Crippen LogP contribution in [0.1, 0.15) is 111 Å². The molecular formula is C44H58O4Si. The second-order valence-electron chi connectivity index (χ2n) is 13.3. The Hall–Kier alpha value is -3.79. The Bertz CT molecular complexity index is 1410. The molecule has 4 nitrogen and oxygen atoms in total. The van der Waals surface area contributed by atoms with Crippen molar-refractivity contribution in [2.45, 2.75) is 128 Å². The summed E-state index contributed by atoms with van der Waals surface area (Å²) in [7, 11) is -1.24. The largest absolute Gasteiger partial charge is 0.469 e. The molecule has 1 N–H and O–H groups in total. The normalized spacial score (nSPS) is 12.7. The van der Waals surface area contributed by atoms with Crippen LogP contribution in [0.25, 0.3) is 0 Å². The second kappa shape index (κ2) is 24.4. The summed E-state index contributed by atoms with van der Waals surface area (Å²) in [4.78, 5) is 11.1. The number of hydrogen-bond acceptors (Lipinski definition) is 4. The first kappa shape index (κ1) is 41.4. The molecule has 0 heterocycles. The summed E-state index contributed by atoms with van der Waals surface area (Å²) in [5, 5.41) is 12.8. The van der Waals surface area contributed by atoms with Crippen molar-refractivity contribution in [2.75, 3.05) is 7.11 Å². The zero-order valence-corrected chi connectivity index (χ0v) is 31.6. The van der Waals surface area contributed by atoms with Gasteiger partial charge in [-0.15, -0.1) is 0 Å². The molecule has 2 aromatic carbocycles. The van der Waals surface area contributed by atoms with Crippen LogP contribution in [-0.4, -0.2) is 38.7 Å². The van der Waals surface area contributed by atoms with Crippen molar-refractivity contribution in [3.05, 3.63) is 85.0 Å². The van der Waals surface area contributed by atoms with E-state index in [4.69, 9.17) is 4.43 Å². The van der Waals surface area contributed by atoms with Gasteiger partial charge >= 0.3 is 5.97 Å². The third kappa shape index (κ3) is 16.0. The summed E-state index contributed by atoms with van der Waals surface area (Å²) in [5.41, 5.74) is 0. The van der Waals surface area contributed by atoms with Crippen molar-refractivity contribution in [2.24, 2.45) is 0 Å². The lowest BCUT2D eigenvalue weighted by atomic mass is 10.1. The van der Waals surface area contributed by atoms with Crippen molar-refractivity contribution in [3.63, 3.8) is 0 Å². The maximum absolute atomic E-state index is 11.1. The zero-order chi connectivity index (χ0) is 35.6. The number of allylic oxidation sites excluding steroid dienone is 4. The fraction of sp³-hybridized carbons (Fsp3) is 0.477. The summed E-state index contributed by atoms with van der Waals surface area (Å²) < 4.78 is 11.9. The highest BCUT2D eigenvalue weighted by atomic mass is 28.4. The molecule has 2 atom stereocenters. The van der Waals surface area contributed by atoms with Crippen LogP contribution in [0.15, 0.2) is 85.0 Å². The summed E-state index contributed by atoms with van der Waals surface area (Å²) in [5.74, 6) is 17.3. The molecule has 2 rings (SSSR count). The first-order valence-corrected chi connectivity index (χ1v) is 20.0. The van der Waals surface area contributed by atoms with Crippen LogP contribution in [0.4, 0.5) is 0 Å². The average molecular weight is 679 g/mol. The monoisotopic (exact) mass is 678 g/mol. The molecule has 0 aliphatic heterocycles. The number of esters is 1. The minimum absolute atomic E-state index is 0.0632. The van der Waals surface area contributed by atoms with Crippen LogP contribution in [0.3, 0.4) is 0 Å². The van der Waals surface area contributed by atoms with E-state index in [0.29, 0.717) is 19.3 Å². The first-order chi connectivity index (χ1) is 23.7. The van der Waals surface area contributed by atoms with Gasteiger partial charge in [0.05, 0.1) is 13.2 Å². The van der Waals surface area contributed by atoms with Crippen LogP contribution in [0.2, 0.25) is 5.04 Å². The SMILES string of the molecule is CCCC(CC#CC(O)C#CC#CCC=CCC=CCCCCCCCCC(=O)OC)O[Si](c1ccccc1)(c1ccccc1)C(C)(C)C. The molecular weight excluding hydrogens is 621 g/mol. The quantitative estimate of drug-likeness (QED) is 0.0531. The van der Waals surface area contributed by atoms with Crippen molar-refractivity contribution in [3.8, 4) is 35.5 Å². The molecule has 0 spiro atoms. The van der Waals surface area contributed by atoms with Gasteiger partial charge in [-0.25, -0.2) is 0 Å². The summed E-state index contributed by atoms with van der Waals surface area (Å²) in [6.07, 6.45) is 19.9. The molecule has 49 heavy (non-hydrogen) atoms. The van der Waals surface area contributed by atoms with E-state index >= 15 is 0 Å². The topological polar surface area (TPSA) is 55.8 Å². The second-order valence-corrected chi connectivity index (χ2v) is 17.6. The Morgan fingerprint density at radius 1 is 0.816 bits per heavy atom. The molecule has 0 aliphatic rings. The van der Waals surface area contributed by atoms with E-state index < -0.39 is 14.4 Å². The molecule has 0 amide bonds. The third-order valence-corrected chi connectivity index (χ3v) is 13.4. The van der Waals surface area contributed by atoms with Gasteiger partial charge < -0.3 is 14.3 Å². The number of methoxy groups -OCH3 is 1. The van der Waals surface area contributed by atoms with Crippen molar-refractivity contribution in [1.29, 1.82) is 0 Å². The Labute approximate surface area is 298 Å². The molecule has 2 unspecified atom stereocenters. The fourth-order valence-corrected chi connectivity index (χ4v) is 10.6. The molecule has 0 saturated carbocycles. The van der Waals surface area contributed by atoms with Crippen molar-refractivity contribution < 1.29 is 19.1 Å². The molecule has 5 heteroatoms. The van der Waals surface area contributed by atoms with Gasteiger partial charge in [-0.1, -0.05) is 163 Å². The van der Waals surface area contributed by atoms with Crippen LogP contribution < -0.4 is 10.4 Å². The summed E-state index contributed by atoms with van der Waals surface area (Å²) >= 11 is 0. The minimum Gasteiger partial charge on any atom is -0.469 e. The van der Waals surface area contributed by atoms with Crippen LogP contribution in [-0.2, 0) is 14.0 Å². The summed E-state index contributed by atoms with van der Waals surface area (Å²) in [6, 6.07) is 21.3. The van der Waals surface area contributed by atoms with E-state index in [9.17, 15) is 9.90 Å². The highest BCUT2D eigenvalue weighted by Crippen LogP contribution is 2.38. The van der Waals surface area contributed by atoms with E-state index in [1.807, 2.05) is 6.08 Å². The maximum atomic E-state index is 11.1. The number of rotatable bonds is 19. The van der Waals surface area contributed by atoms with Gasteiger partial charge in [0.2, 0.25) is 0 Å². The Balaban J connectivity index is 1.82. The van der Waals surface area contributed by atoms with Crippen LogP contribution in [0, 0.1) is 35.5 Å². The minimum atomic E-state index is -2.68. The van der Waals surface area contributed by atoms with Gasteiger partial charge in [-0.3, -0.25) is 4.79 Å². The lowest BCUT2D eigenvalue weighted by Gasteiger charge is -2.45. The van der Waals surface area contributed by atoms with Gasteiger partial charge in [0.15, 0.2) is 6.10 Å². The van der Waals surface area contributed by atoms with Gasteiger partial charge in [-0.05, 0) is 65.3 Å². The van der Waals surface area contributed by atoms with Crippen LogP contribution in [0.5, 0.6) is 0 Å². The number of ether oxygens (including phenoxy) is 1. The van der Waals surface area contributed by atoms with Crippen LogP contribution >= 0.6 is 0 Å². The number of aliphatic hydroxyl groups excluding tert-OH is 1. The number of benzene rings is 2. The lowest BCUT2D eigenvalue weighted by molar-refractivity contribution is -0.140. The van der Waals surface area contributed by atoms with E-state index in [2.05, 4.69) is 147 Å². The zero-order valence-electron chi connectivity index (χ0n) is 30.6. The maximum Gasteiger partial charge on any atom is 0.305 e. The van der Waals surface area contributed by atoms with E-state index in [0.717, 1.165) is 38.5 Å². The summed E-state index contributed by atoms with van der Waals surface area (Å²) in [6.45, 7) is 9.02. The number of carbonyl (C=O) groups excluding carboxylic acids is 1. The smallest absolute Gasteiger partial charge is 0.305 e. The molecule has 0 bridgehead atoms. The first-order valence-electron chi connectivity index (χ1n) is 18.0. The Morgan fingerprint density at radius 3 is 2.04 bits per heavy atom. The van der Waals surface area contributed by atoms with E-state index in [-0.39, 0.29) is 17.1 Å². The van der Waals surface area contributed by atoms with Gasteiger partial charge in [0.25, 0.3) is 8.32 Å². The molecule has 262 valence electrons. The molecule has 2 aromatic rings. The number of unbranched alkanes of at least 4 members (excludes halogenated alkanes) is 6. The molecule has 0 aliphatic carbocycles. The van der Waals surface area contributed by atoms with Crippen molar-refractivity contribution in [1.82, 2.24) is 0 Å². The van der Waals surface area contributed by atoms with Gasteiger partial charge in [0.1, 0.15) is 0 Å². The Morgan fingerprint density at radius 2 is 1.43 bits per heavy atom.